The Morgan fingerprint density at radius 3 is 2.61 bits per heavy atom. The summed E-state index contributed by atoms with van der Waals surface area (Å²) >= 11 is 0. The van der Waals surface area contributed by atoms with Crippen LogP contribution in [0.5, 0.6) is 0 Å². The molecule has 0 saturated carbocycles. The second-order valence-electron chi connectivity index (χ2n) is 6.65. The largest absolute Gasteiger partial charge is 0.356 e. The van der Waals surface area contributed by atoms with E-state index in [9.17, 15) is 4.79 Å². The molecule has 3 rings (SSSR count). The monoisotopic (exact) mass is 305 g/mol. The summed E-state index contributed by atoms with van der Waals surface area (Å²) in [6, 6.07) is 15.4. The van der Waals surface area contributed by atoms with Crippen LogP contribution in [-0.4, -0.2) is 12.5 Å². The molecule has 0 aromatic heterocycles. The van der Waals surface area contributed by atoms with Crippen LogP contribution in [-0.2, 0) is 10.2 Å². The molecule has 0 unspecified atom stereocenters. The Labute approximate surface area is 138 Å². The first kappa shape index (κ1) is 15.5. The number of benzene rings is 2. The van der Waals surface area contributed by atoms with Gasteiger partial charge in [-0.15, -0.1) is 0 Å². The summed E-state index contributed by atoms with van der Waals surface area (Å²) in [6.07, 6.45) is 5.11. The molecular weight excluding hydrogens is 282 g/mol. The molecule has 0 radical (unpaired) electrons. The van der Waals surface area contributed by atoms with Gasteiger partial charge in [0.25, 0.3) is 0 Å². The lowest BCUT2D eigenvalue weighted by Gasteiger charge is -2.21. The molecule has 2 heteroatoms. The highest BCUT2D eigenvalue weighted by Gasteiger charge is 2.34. The van der Waals surface area contributed by atoms with Crippen molar-refractivity contribution in [2.24, 2.45) is 0 Å². The van der Waals surface area contributed by atoms with E-state index in [2.05, 4.69) is 73.8 Å². The lowest BCUT2D eigenvalue weighted by atomic mass is 9.82. The van der Waals surface area contributed by atoms with Crippen LogP contribution >= 0.6 is 0 Å². The highest BCUT2D eigenvalue weighted by Crippen LogP contribution is 2.48. The molecule has 0 saturated heterocycles. The van der Waals surface area contributed by atoms with E-state index in [1.165, 1.54) is 27.8 Å². The zero-order valence-corrected chi connectivity index (χ0v) is 14.0. The zero-order valence-electron chi connectivity index (χ0n) is 14.0. The predicted molar refractivity (Wildman–Crippen MR) is 96.3 cm³/mol. The molecule has 118 valence electrons. The Morgan fingerprint density at radius 2 is 1.83 bits per heavy atom. The maximum absolute atomic E-state index is 10.8. The van der Waals surface area contributed by atoms with Crippen LogP contribution in [0.25, 0.3) is 17.2 Å². The molecule has 1 amide bonds. The van der Waals surface area contributed by atoms with E-state index in [0.717, 1.165) is 6.42 Å². The van der Waals surface area contributed by atoms with Crippen LogP contribution in [0.2, 0.25) is 0 Å². The molecule has 0 fully saturated rings. The molecule has 0 atom stereocenters. The van der Waals surface area contributed by atoms with Crippen LogP contribution in [0, 0.1) is 0 Å². The van der Waals surface area contributed by atoms with Crippen molar-refractivity contribution >= 4 is 12.0 Å². The van der Waals surface area contributed by atoms with Crippen molar-refractivity contribution in [2.45, 2.75) is 32.6 Å². The van der Waals surface area contributed by atoms with Gasteiger partial charge >= 0.3 is 0 Å². The number of carbonyl (C=O) groups is 1. The molecule has 2 aromatic rings. The van der Waals surface area contributed by atoms with Gasteiger partial charge in [0.1, 0.15) is 0 Å². The predicted octanol–water partition coefficient (Wildman–Crippen LogP) is 4.53. The highest BCUT2D eigenvalue weighted by atomic mass is 16.1. The summed E-state index contributed by atoms with van der Waals surface area (Å²) in [5.41, 5.74) is 6.76. The molecule has 2 aromatic carbocycles. The SMILES string of the molecule is CC(=O)NCCC=Cc1ccc2c(c1)C(C)(C)c1ccccc1-2. The third-order valence-electron chi connectivity index (χ3n) is 4.60. The second-order valence-corrected chi connectivity index (χ2v) is 6.65. The topological polar surface area (TPSA) is 29.1 Å². The fourth-order valence-corrected chi connectivity index (χ4v) is 3.38. The lowest BCUT2D eigenvalue weighted by Crippen LogP contribution is -2.20. The van der Waals surface area contributed by atoms with Crippen LogP contribution in [0.4, 0.5) is 0 Å². The van der Waals surface area contributed by atoms with Crippen LogP contribution < -0.4 is 5.32 Å². The van der Waals surface area contributed by atoms with Crippen molar-refractivity contribution in [3.8, 4) is 11.1 Å². The van der Waals surface area contributed by atoms with Crippen LogP contribution in [0.3, 0.4) is 0 Å². The molecular formula is C21H23NO. The Morgan fingerprint density at radius 1 is 1.09 bits per heavy atom. The number of hydrogen-bond acceptors (Lipinski definition) is 1. The van der Waals surface area contributed by atoms with Gasteiger partial charge < -0.3 is 5.32 Å². The third-order valence-corrected chi connectivity index (χ3v) is 4.60. The number of rotatable bonds is 4. The Kier molecular flexibility index (Phi) is 4.08. The molecule has 1 aliphatic carbocycles. The second kappa shape index (κ2) is 6.04. The lowest BCUT2D eigenvalue weighted by molar-refractivity contribution is -0.118. The van der Waals surface area contributed by atoms with E-state index < -0.39 is 0 Å². The minimum Gasteiger partial charge on any atom is -0.356 e. The summed E-state index contributed by atoms with van der Waals surface area (Å²) in [6.45, 7) is 6.82. The Balaban J connectivity index is 1.83. The van der Waals surface area contributed by atoms with E-state index in [0.29, 0.717) is 6.54 Å². The third kappa shape index (κ3) is 2.94. The van der Waals surface area contributed by atoms with Gasteiger partial charge in [0.2, 0.25) is 5.91 Å². The van der Waals surface area contributed by atoms with Crippen molar-refractivity contribution in [1.29, 1.82) is 0 Å². The number of fused-ring (bicyclic) bond motifs is 3. The molecule has 1 aliphatic rings. The van der Waals surface area contributed by atoms with Gasteiger partial charge in [0, 0.05) is 18.9 Å². The summed E-state index contributed by atoms with van der Waals surface area (Å²) in [5.74, 6) is 0.0236. The zero-order chi connectivity index (χ0) is 16.4. The smallest absolute Gasteiger partial charge is 0.216 e. The summed E-state index contributed by atoms with van der Waals surface area (Å²) < 4.78 is 0. The van der Waals surface area contributed by atoms with Crippen molar-refractivity contribution < 1.29 is 4.79 Å². The normalized spacial score (nSPS) is 14.6. The van der Waals surface area contributed by atoms with Crippen LogP contribution in [0.15, 0.2) is 48.5 Å². The summed E-state index contributed by atoms with van der Waals surface area (Å²) in [5, 5.41) is 2.81. The van der Waals surface area contributed by atoms with Gasteiger partial charge in [0.15, 0.2) is 0 Å². The van der Waals surface area contributed by atoms with Gasteiger partial charge in [-0.1, -0.05) is 68.5 Å². The number of carbonyl (C=O) groups excluding carboxylic acids is 1. The quantitative estimate of drug-likeness (QED) is 0.826. The average molecular weight is 305 g/mol. The van der Waals surface area contributed by atoms with Crippen LogP contribution in [0.1, 0.15) is 43.9 Å². The molecule has 0 spiro atoms. The minimum absolute atomic E-state index is 0.0236. The molecule has 0 bridgehead atoms. The summed E-state index contributed by atoms with van der Waals surface area (Å²) in [4.78, 5) is 10.8. The number of nitrogens with one attached hydrogen (secondary N) is 1. The van der Waals surface area contributed by atoms with E-state index in [1.54, 1.807) is 6.92 Å². The molecule has 0 heterocycles. The standard InChI is InChI=1S/C21H23NO/c1-15(23)22-13-7-6-8-16-11-12-18-17-9-4-5-10-19(17)21(2,3)20(18)14-16/h4-6,8-12,14H,7,13H2,1-3H3,(H,22,23). The van der Waals surface area contributed by atoms with Crippen molar-refractivity contribution in [2.75, 3.05) is 6.54 Å². The van der Waals surface area contributed by atoms with E-state index in [1.807, 2.05) is 0 Å². The number of hydrogen-bond donors (Lipinski definition) is 1. The molecule has 23 heavy (non-hydrogen) atoms. The minimum atomic E-state index is 0.0236. The Bertz CT molecular complexity index is 771. The Hall–Kier alpha value is -2.35. The van der Waals surface area contributed by atoms with Gasteiger partial charge in [-0.3, -0.25) is 4.79 Å². The maximum atomic E-state index is 10.8. The van der Waals surface area contributed by atoms with Gasteiger partial charge in [0.05, 0.1) is 0 Å². The summed E-state index contributed by atoms with van der Waals surface area (Å²) in [7, 11) is 0. The molecule has 2 nitrogen and oxygen atoms in total. The first-order chi connectivity index (χ1) is 11.0. The average Bonchev–Trinajstić information content (AvgIpc) is 2.75. The van der Waals surface area contributed by atoms with Crippen molar-refractivity contribution in [3.63, 3.8) is 0 Å². The van der Waals surface area contributed by atoms with E-state index in [-0.39, 0.29) is 11.3 Å². The van der Waals surface area contributed by atoms with E-state index >= 15 is 0 Å². The van der Waals surface area contributed by atoms with Crippen molar-refractivity contribution in [1.82, 2.24) is 5.32 Å². The fourth-order valence-electron chi connectivity index (χ4n) is 3.38. The maximum Gasteiger partial charge on any atom is 0.216 e. The first-order valence-corrected chi connectivity index (χ1v) is 8.15. The van der Waals surface area contributed by atoms with Gasteiger partial charge in [-0.25, -0.2) is 0 Å². The highest BCUT2D eigenvalue weighted by molar-refractivity contribution is 5.81. The number of amides is 1. The van der Waals surface area contributed by atoms with E-state index in [4.69, 9.17) is 0 Å². The first-order valence-electron chi connectivity index (χ1n) is 8.15. The van der Waals surface area contributed by atoms with Crippen molar-refractivity contribution in [3.05, 3.63) is 65.2 Å². The molecule has 1 N–H and O–H groups in total. The van der Waals surface area contributed by atoms with Gasteiger partial charge in [-0.2, -0.15) is 0 Å². The van der Waals surface area contributed by atoms with Gasteiger partial charge in [-0.05, 0) is 34.2 Å². The molecule has 0 aliphatic heterocycles. The fraction of sp³-hybridized carbons (Fsp3) is 0.286.